The van der Waals surface area contributed by atoms with Gasteiger partial charge in [0.15, 0.2) is 0 Å². The van der Waals surface area contributed by atoms with Gasteiger partial charge in [-0.15, -0.1) is 0 Å². The number of carbonyl (C=O) groups is 2. The molecular formula is C11H11BrFNO4. The SMILES string of the molecule is O=C(NC(CCO)C(=O)O)c1ccc(F)c(Br)c1. The Hall–Kier alpha value is -1.47. The summed E-state index contributed by atoms with van der Waals surface area (Å²) in [5.41, 5.74) is 0.132. The van der Waals surface area contributed by atoms with Gasteiger partial charge in [0.1, 0.15) is 11.9 Å². The fourth-order valence-electron chi connectivity index (χ4n) is 1.27. The summed E-state index contributed by atoms with van der Waals surface area (Å²) in [4.78, 5) is 22.5. The molecule has 1 aromatic rings. The summed E-state index contributed by atoms with van der Waals surface area (Å²) in [5.74, 6) is -2.40. The Balaban J connectivity index is 2.80. The molecule has 0 saturated carbocycles. The molecule has 0 saturated heterocycles. The van der Waals surface area contributed by atoms with Gasteiger partial charge in [0, 0.05) is 18.6 Å². The molecule has 0 spiro atoms. The first-order chi connectivity index (χ1) is 8.45. The van der Waals surface area contributed by atoms with Crippen molar-refractivity contribution < 1.29 is 24.2 Å². The lowest BCUT2D eigenvalue weighted by atomic mass is 10.1. The standard InChI is InChI=1S/C11H11BrFNO4/c12-7-5-6(1-2-8(7)13)10(16)14-9(3-4-15)11(17)18/h1-2,5,9,15H,3-4H2,(H,14,16)(H,17,18). The van der Waals surface area contributed by atoms with E-state index in [9.17, 15) is 14.0 Å². The molecule has 0 bridgehead atoms. The fraction of sp³-hybridized carbons (Fsp3) is 0.273. The van der Waals surface area contributed by atoms with E-state index in [2.05, 4.69) is 21.2 Å². The number of aliphatic hydroxyl groups is 1. The zero-order valence-corrected chi connectivity index (χ0v) is 10.8. The van der Waals surface area contributed by atoms with Gasteiger partial charge in [-0.2, -0.15) is 0 Å². The second-order valence-corrected chi connectivity index (χ2v) is 4.36. The number of carboxylic acid groups (broad SMARTS) is 1. The average Bonchev–Trinajstić information content (AvgIpc) is 2.31. The topological polar surface area (TPSA) is 86.6 Å². The van der Waals surface area contributed by atoms with Crippen molar-refractivity contribution in [2.75, 3.05) is 6.61 Å². The number of hydrogen-bond acceptors (Lipinski definition) is 3. The molecule has 0 aromatic heterocycles. The maximum Gasteiger partial charge on any atom is 0.326 e. The van der Waals surface area contributed by atoms with Crippen molar-refractivity contribution in [1.29, 1.82) is 0 Å². The highest BCUT2D eigenvalue weighted by Crippen LogP contribution is 2.16. The number of carboxylic acids is 1. The first kappa shape index (κ1) is 14.6. The Morgan fingerprint density at radius 1 is 1.44 bits per heavy atom. The van der Waals surface area contributed by atoms with E-state index in [1.165, 1.54) is 12.1 Å². The number of aliphatic carboxylic acids is 1. The summed E-state index contributed by atoms with van der Waals surface area (Å²) in [7, 11) is 0. The van der Waals surface area contributed by atoms with Crippen molar-refractivity contribution in [3.8, 4) is 0 Å². The first-order valence-corrected chi connectivity index (χ1v) is 5.84. The van der Waals surface area contributed by atoms with E-state index >= 15 is 0 Å². The van der Waals surface area contributed by atoms with Gasteiger partial charge >= 0.3 is 5.97 Å². The fourth-order valence-corrected chi connectivity index (χ4v) is 1.64. The van der Waals surface area contributed by atoms with E-state index in [1.54, 1.807) is 0 Å². The van der Waals surface area contributed by atoms with Crippen LogP contribution in [-0.2, 0) is 4.79 Å². The van der Waals surface area contributed by atoms with Gasteiger partial charge in [0.2, 0.25) is 0 Å². The van der Waals surface area contributed by atoms with Gasteiger partial charge in [-0.25, -0.2) is 9.18 Å². The monoisotopic (exact) mass is 319 g/mol. The minimum absolute atomic E-state index is 0.0938. The zero-order chi connectivity index (χ0) is 13.7. The third-order valence-corrected chi connectivity index (χ3v) is 2.81. The highest BCUT2D eigenvalue weighted by molar-refractivity contribution is 9.10. The molecule has 1 unspecified atom stereocenters. The molecule has 1 rings (SSSR count). The van der Waals surface area contributed by atoms with Gasteiger partial charge in [0.05, 0.1) is 4.47 Å². The quantitative estimate of drug-likeness (QED) is 0.760. The van der Waals surface area contributed by atoms with Gasteiger partial charge in [-0.05, 0) is 34.1 Å². The highest BCUT2D eigenvalue weighted by atomic mass is 79.9. The average molecular weight is 320 g/mol. The minimum Gasteiger partial charge on any atom is -0.480 e. The second-order valence-electron chi connectivity index (χ2n) is 3.51. The summed E-state index contributed by atoms with van der Waals surface area (Å²) < 4.78 is 13.1. The van der Waals surface area contributed by atoms with Crippen LogP contribution in [0, 0.1) is 5.82 Å². The molecule has 18 heavy (non-hydrogen) atoms. The molecule has 0 aliphatic rings. The number of rotatable bonds is 5. The maximum absolute atomic E-state index is 13.0. The van der Waals surface area contributed by atoms with Crippen LogP contribution >= 0.6 is 15.9 Å². The maximum atomic E-state index is 13.0. The van der Waals surface area contributed by atoms with Crippen LogP contribution in [0.5, 0.6) is 0 Å². The Kier molecular flexibility index (Phi) is 5.24. The number of halogens is 2. The molecule has 0 heterocycles. The molecule has 0 aliphatic carbocycles. The molecule has 1 amide bonds. The predicted octanol–water partition coefficient (Wildman–Crippen LogP) is 1.15. The molecule has 1 aromatic carbocycles. The van der Waals surface area contributed by atoms with Crippen LogP contribution < -0.4 is 5.32 Å². The normalized spacial score (nSPS) is 11.9. The van der Waals surface area contributed by atoms with E-state index < -0.39 is 23.7 Å². The lowest BCUT2D eigenvalue weighted by Gasteiger charge is -2.13. The number of amides is 1. The minimum atomic E-state index is -1.24. The molecule has 98 valence electrons. The number of benzene rings is 1. The van der Waals surface area contributed by atoms with Gasteiger partial charge in [0.25, 0.3) is 5.91 Å². The zero-order valence-electron chi connectivity index (χ0n) is 9.19. The van der Waals surface area contributed by atoms with E-state index in [-0.39, 0.29) is 23.1 Å². The summed E-state index contributed by atoms with van der Waals surface area (Å²) in [6.45, 7) is -0.357. The largest absolute Gasteiger partial charge is 0.480 e. The number of carbonyl (C=O) groups excluding carboxylic acids is 1. The predicted molar refractivity (Wildman–Crippen MR) is 64.7 cm³/mol. The van der Waals surface area contributed by atoms with Crippen molar-refractivity contribution in [3.63, 3.8) is 0 Å². The number of nitrogens with one attached hydrogen (secondary N) is 1. The summed E-state index contributed by atoms with van der Waals surface area (Å²) in [6, 6.07) is 2.42. The van der Waals surface area contributed by atoms with Gasteiger partial charge < -0.3 is 15.5 Å². The van der Waals surface area contributed by atoms with Crippen molar-refractivity contribution in [1.82, 2.24) is 5.32 Å². The Labute approximate surface area is 111 Å². The van der Waals surface area contributed by atoms with Crippen molar-refractivity contribution in [2.45, 2.75) is 12.5 Å². The molecule has 0 radical (unpaired) electrons. The Morgan fingerprint density at radius 3 is 2.61 bits per heavy atom. The Bertz CT molecular complexity index is 466. The third-order valence-electron chi connectivity index (χ3n) is 2.20. The van der Waals surface area contributed by atoms with Crippen LogP contribution in [-0.4, -0.2) is 34.7 Å². The van der Waals surface area contributed by atoms with Crippen LogP contribution in [0.1, 0.15) is 16.8 Å². The van der Waals surface area contributed by atoms with Crippen molar-refractivity contribution >= 4 is 27.8 Å². The van der Waals surface area contributed by atoms with Crippen LogP contribution in [0.2, 0.25) is 0 Å². The van der Waals surface area contributed by atoms with Crippen molar-refractivity contribution in [3.05, 3.63) is 34.1 Å². The van der Waals surface area contributed by atoms with Gasteiger partial charge in [-0.3, -0.25) is 4.79 Å². The van der Waals surface area contributed by atoms with Crippen LogP contribution in [0.4, 0.5) is 4.39 Å². The molecular weight excluding hydrogens is 309 g/mol. The molecule has 3 N–H and O–H groups in total. The van der Waals surface area contributed by atoms with E-state index in [1.807, 2.05) is 0 Å². The summed E-state index contributed by atoms with van der Waals surface area (Å²) in [5, 5.41) is 19.7. The molecule has 1 atom stereocenters. The lowest BCUT2D eigenvalue weighted by Crippen LogP contribution is -2.41. The Morgan fingerprint density at radius 2 is 2.11 bits per heavy atom. The summed E-state index contributed by atoms with van der Waals surface area (Å²) in [6.07, 6.45) is -0.0938. The molecule has 5 nitrogen and oxygen atoms in total. The summed E-state index contributed by atoms with van der Waals surface area (Å²) >= 11 is 2.93. The van der Waals surface area contributed by atoms with Crippen molar-refractivity contribution in [2.24, 2.45) is 0 Å². The van der Waals surface area contributed by atoms with Gasteiger partial charge in [-0.1, -0.05) is 0 Å². The second kappa shape index (κ2) is 6.46. The highest BCUT2D eigenvalue weighted by Gasteiger charge is 2.20. The molecule has 0 aliphatic heterocycles. The number of aliphatic hydroxyl groups excluding tert-OH is 1. The molecule has 7 heteroatoms. The smallest absolute Gasteiger partial charge is 0.326 e. The first-order valence-electron chi connectivity index (χ1n) is 5.05. The van der Waals surface area contributed by atoms with E-state index in [0.717, 1.165) is 6.07 Å². The van der Waals surface area contributed by atoms with E-state index in [0.29, 0.717) is 0 Å². The molecule has 0 fully saturated rings. The van der Waals surface area contributed by atoms with E-state index in [4.69, 9.17) is 10.2 Å². The lowest BCUT2D eigenvalue weighted by molar-refractivity contribution is -0.139. The third kappa shape index (κ3) is 3.78. The number of hydrogen-bond donors (Lipinski definition) is 3. The van der Waals surface area contributed by atoms with Crippen LogP contribution in [0.3, 0.4) is 0 Å². The van der Waals surface area contributed by atoms with Crippen LogP contribution in [0.25, 0.3) is 0 Å². The van der Waals surface area contributed by atoms with Crippen LogP contribution in [0.15, 0.2) is 22.7 Å².